The van der Waals surface area contributed by atoms with Gasteiger partial charge in [-0.2, -0.15) is 0 Å². The Morgan fingerprint density at radius 1 is 0.905 bits per heavy atom. The normalized spacial score (nSPS) is 10.7. The van der Waals surface area contributed by atoms with Crippen molar-refractivity contribution in [1.82, 2.24) is 0 Å². The molecule has 1 unspecified atom stereocenters. The monoisotopic (exact) mass is 366 g/mol. The van der Waals surface area contributed by atoms with Crippen molar-refractivity contribution in [3.8, 4) is 0 Å². The summed E-state index contributed by atoms with van der Waals surface area (Å²) in [5, 5.41) is 0. The smallest absolute Gasteiger partial charge is 0.327 e. The lowest BCUT2D eigenvalue weighted by Gasteiger charge is -2.05. The molecule has 0 aliphatic heterocycles. The van der Waals surface area contributed by atoms with Crippen LogP contribution in [-0.4, -0.2) is 41.5 Å². The van der Waals surface area contributed by atoms with E-state index in [1.807, 2.05) is 0 Å². The van der Waals surface area contributed by atoms with E-state index < -0.39 is 16.8 Å². The van der Waals surface area contributed by atoms with Gasteiger partial charge in [-0.15, -0.1) is 0 Å². The molecule has 0 rings (SSSR count). The van der Waals surface area contributed by atoms with Crippen LogP contribution in [0.4, 0.5) is 0 Å². The van der Waals surface area contributed by atoms with Gasteiger partial charge in [0.05, 0.1) is 13.2 Å². The van der Waals surface area contributed by atoms with Gasteiger partial charge >= 0.3 is 11.9 Å². The maximum atomic E-state index is 10.9. The van der Waals surface area contributed by atoms with Gasteiger partial charge in [-0.3, -0.25) is 19.2 Å². The van der Waals surface area contributed by atoms with Crippen molar-refractivity contribution in [3.05, 3.63) is 0 Å². The average molecular weight is 367 g/mol. The van der Waals surface area contributed by atoms with Crippen molar-refractivity contribution in [2.45, 2.75) is 51.8 Å². The summed E-state index contributed by atoms with van der Waals surface area (Å²) in [6, 6.07) is 0. The van der Waals surface area contributed by atoms with E-state index in [-0.39, 0.29) is 18.0 Å². The Hall–Kier alpha value is -1.24. The number of carbonyl (C=O) groups is 4. The molecule has 0 amide bonds. The van der Waals surface area contributed by atoms with Gasteiger partial charge in [0.15, 0.2) is 10.6 Å². The Balaban J connectivity index is 0. The molecule has 21 heavy (non-hydrogen) atoms. The number of hydrogen-bond acceptors (Lipinski definition) is 6. The minimum Gasteiger partial charge on any atom is -0.466 e. The predicted octanol–water partition coefficient (Wildman–Crippen LogP) is 2.21. The van der Waals surface area contributed by atoms with Gasteiger partial charge in [-0.1, -0.05) is 29.8 Å². The number of ketones is 2. The maximum absolute atomic E-state index is 10.9. The molecule has 0 bridgehead atoms. The summed E-state index contributed by atoms with van der Waals surface area (Å²) < 4.78 is 9.17. The van der Waals surface area contributed by atoms with Gasteiger partial charge in [0.25, 0.3) is 0 Å². The fourth-order valence-corrected chi connectivity index (χ4v) is 1.48. The zero-order valence-electron chi connectivity index (χ0n) is 12.9. The van der Waals surface area contributed by atoms with E-state index in [4.69, 9.17) is 0 Å². The molecule has 122 valence electrons. The first-order valence-corrected chi connectivity index (χ1v) is 7.76. The Morgan fingerprint density at radius 2 is 1.43 bits per heavy atom. The number of rotatable bonds is 8. The molecule has 0 spiro atoms. The van der Waals surface area contributed by atoms with E-state index in [1.54, 1.807) is 27.7 Å². The Kier molecular flexibility index (Phi) is 14.4. The summed E-state index contributed by atoms with van der Waals surface area (Å²) in [7, 11) is 0. The summed E-state index contributed by atoms with van der Waals surface area (Å²) in [6.45, 7) is 7.49. The lowest BCUT2D eigenvalue weighted by molar-refractivity contribution is -0.146. The molecule has 0 saturated heterocycles. The molecule has 0 fully saturated rings. The van der Waals surface area contributed by atoms with Gasteiger partial charge in [0.1, 0.15) is 12.2 Å². The van der Waals surface area contributed by atoms with E-state index in [2.05, 4.69) is 25.4 Å². The number of Topliss-reactive ketones (excluding diaryl/α,β-unsaturated/α-hetero) is 2. The average Bonchev–Trinajstić information content (AvgIpc) is 2.46. The molecule has 0 N–H and O–H groups in total. The second-order valence-electron chi connectivity index (χ2n) is 3.81. The predicted molar refractivity (Wildman–Crippen MR) is 81.2 cm³/mol. The number of esters is 2. The van der Waals surface area contributed by atoms with Crippen molar-refractivity contribution in [2.75, 3.05) is 13.2 Å². The van der Waals surface area contributed by atoms with Crippen LogP contribution in [0.1, 0.15) is 47.0 Å². The Bertz CT molecular complexity index is 353. The third kappa shape index (κ3) is 12.2. The first-order chi connectivity index (χ1) is 9.83. The minimum absolute atomic E-state index is 0.0709. The maximum Gasteiger partial charge on any atom is 0.327 e. The molecule has 1 atom stereocenters. The molecule has 0 aliphatic carbocycles. The molecule has 0 aromatic heterocycles. The van der Waals surface area contributed by atoms with E-state index in [0.717, 1.165) is 0 Å². The van der Waals surface area contributed by atoms with Gasteiger partial charge in [0.2, 0.25) is 0 Å². The highest BCUT2D eigenvalue weighted by molar-refractivity contribution is 9.10. The SMILES string of the molecule is CCOC(=O)C(Br)C(=O)CC.CCOC(=O)CC(=O)CC. The number of alkyl halides is 1. The molecular weight excluding hydrogens is 344 g/mol. The van der Waals surface area contributed by atoms with Crippen LogP contribution >= 0.6 is 15.9 Å². The van der Waals surface area contributed by atoms with Crippen LogP contribution in [0.5, 0.6) is 0 Å². The second kappa shape index (κ2) is 13.7. The summed E-state index contributed by atoms with van der Waals surface area (Å²) in [5.74, 6) is -1.14. The minimum atomic E-state index is -0.785. The van der Waals surface area contributed by atoms with Crippen LogP contribution in [0.15, 0.2) is 0 Å². The molecule has 0 aliphatic rings. The van der Waals surface area contributed by atoms with Crippen LogP contribution in [0.3, 0.4) is 0 Å². The molecule has 0 heterocycles. The van der Waals surface area contributed by atoms with E-state index in [1.165, 1.54) is 0 Å². The van der Waals surface area contributed by atoms with Gasteiger partial charge < -0.3 is 9.47 Å². The number of halogens is 1. The number of carbonyl (C=O) groups excluding carboxylic acids is 4. The highest BCUT2D eigenvalue weighted by Gasteiger charge is 2.22. The van der Waals surface area contributed by atoms with Crippen LogP contribution in [0.2, 0.25) is 0 Å². The summed E-state index contributed by atoms with van der Waals surface area (Å²) in [4.78, 5) is 42.1. The molecule has 0 saturated carbocycles. The lowest BCUT2D eigenvalue weighted by atomic mass is 10.2. The first-order valence-electron chi connectivity index (χ1n) is 6.84. The lowest BCUT2D eigenvalue weighted by Crippen LogP contribution is -2.25. The second-order valence-corrected chi connectivity index (χ2v) is 4.72. The van der Waals surface area contributed by atoms with E-state index in [0.29, 0.717) is 26.1 Å². The van der Waals surface area contributed by atoms with Crippen LogP contribution in [-0.2, 0) is 28.7 Å². The Morgan fingerprint density at radius 3 is 1.81 bits per heavy atom. The standard InChI is InChI=1S/C7H11BrO3.C7H12O3/c1-3-5(9)6(8)7(10)11-4-2;1-3-6(8)5-7(9)10-4-2/h6H,3-4H2,1-2H3;3-5H2,1-2H3. The van der Waals surface area contributed by atoms with E-state index in [9.17, 15) is 19.2 Å². The molecule has 0 radical (unpaired) electrons. The largest absolute Gasteiger partial charge is 0.466 e. The van der Waals surface area contributed by atoms with Crippen molar-refractivity contribution in [2.24, 2.45) is 0 Å². The fraction of sp³-hybridized carbons (Fsp3) is 0.714. The van der Waals surface area contributed by atoms with Gasteiger partial charge in [-0.25, -0.2) is 0 Å². The summed E-state index contributed by atoms with van der Waals surface area (Å²) >= 11 is 2.95. The quantitative estimate of drug-likeness (QED) is 0.371. The van der Waals surface area contributed by atoms with Gasteiger partial charge in [-0.05, 0) is 13.8 Å². The third-order valence-corrected chi connectivity index (χ3v) is 3.05. The van der Waals surface area contributed by atoms with E-state index >= 15 is 0 Å². The van der Waals surface area contributed by atoms with Crippen molar-refractivity contribution in [3.63, 3.8) is 0 Å². The van der Waals surface area contributed by atoms with Crippen molar-refractivity contribution < 1.29 is 28.7 Å². The zero-order chi connectivity index (χ0) is 16.8. The molecule has 6 nitrogen and oxygen atoms in total. The van der Waals surface area contributed by atoms with Crippen LogP contribution in [0, 0.1) is 0 Å². The molecule has 0 aromatic rings. The number of hydrogen-bond donors (Lipinski definition) is 0. The number of ether oxygens (including phenoxy) is 2. The summed E-state index contributed by atoms with van der Waals surface area (Å²) in [5.41, 5.74) is 0. The molecule has 0 aromatic carbocycles. The zero-order valence-corrected chi connectivity index (χ0v) is 14.5. The fourth-order valence-electron chi connectivity index (χ4n) is 1.02. The summed E-state index contributed by atoms with van der Waals surface area (Å²) in [6.07, 6.45) is 0.665. The molecule has 7 heteroatoms. The highest BCUT2D eigenvalue weighted by Crippen LogP contribution is 2.05. The van der Waals surface area contributed by atoms with Crippen LogP contribution in [0.25, 0.3) is 0 Å². The first kappa shape index (κ1) is 22.0. The van der Waals surface area contributed by atoms with Crippen molar-refractivity contribution >= 4 is 39.4 Å². The highest BCUT2D eigenvalue weighted by atomic mass is 79.9. The third-order valence-electron chi connectivity index (χ3n) is 2.17. The topological polar surface area (TPSA) is 86.7 Å². The van der Waals surface area contributed by atoms with Gasteiger partial charge in [0, 0.05) is 12.8 Å². The molecular formula is C14H23BrO6. The van der Waals surface area contributed by atoms with Crippen LogP contribution < -0.4 is 0 Å². The Labute approximate surface area is 133 Å². The van der Waals surface area contributed by atoms with Crippen molar-refractivity contribution in [1.29, 1.82) is 0 Å².